The summed E-state index contributed by atoms with van der Waals surface area (Å²) in [6, 6.07) is 0.339. The molecule has 1 amide bonds. The van der Waals surface area contributed by atoms with Crippen LogP contribution in [0.25, 0.3) is 0 Å². The summed E-state index contributed by atoms with van der Waals surface area (Å²) in [5.74, 6) is 0.347. The average molecular weight is 399 g/mol. The van der Waals surface area contributed by atoms with Crippen molar-refractivity contribution in [3.8, 4) is 0 Å². The fraction of sp³-hybridized carbons (Fsp3) is 0.632. The molecule has 0 aromatic carbocycles. The van der Waals surface area contributed by atoms with Crippen LogP contribution in [0.4, 0.5) is 13.2 Å². The largest absolute Gasteiger partial charge is 0.467 e. The van der Waals surface area contributed by atoms with E-state index in [1.165, 1.54) is 44.2 Å². The van der Waals surface area contributed by atoms with Gasteiger partial charge in [-0.25, -0.2) is 0 Å². The van der Waals surface area contributed by atoms with Gasteiger partial charge in [0, 0.05) is 19.3 Å². The van der Waals surface area contributed by atoms with E-state index in [4.69, 9.17) is 8.83 Å². The first kappa shape index (κ1) is 20.4. The molecule has 2 heterocycles. The Bertz CT molecular complexity index is 737. The molecule has 154 valence electrons. The van der Waals surface area contributed by atoms with Gasteiger partial charge >= 0.3 is 6.18 Å². The van der Waals surface area contributed by atoms with E-state index in [9.17, 15) is 18.0 Å². The lowest BCUT2D eigenvalue weighted by Gasteiger charge is -2.20. The van der Waals surface area contributed by atoms with E-state index in [1.54, 1.807) is 0 Å². The van der Waals surface area contributed by atoms with Crippen LogP contribution in [0.1, 0.15) is 68.5 Å². The van der Waals surface area contributed by atoms with Crippen molar-refractivity contribution in [2.45, 2.75) is 70.0 Å². The zero-order valence-electron chi connectivity index (χ0n) is 15.5. The number of rotatable bonds is 8. The fourth-order valence-electron chi connectivity index (χ4n) is 3.52. The quantitative estimate of drug-likeness (QED) is 0.705. The highest BCUT2D eigenvalue weighted by Crippen LogP contribution is 2.33. The Hall–Kier alpha value is -2.32. The van der Waals surface area contributed by atoms with Gasteiger partial charge in [-0.15, -0.1) is 10.2 Å². The standard InChI is InChI=1S/C19H24F3N3O3/c20-19(21,22)18(14-7-4-12-27-14)23-15(26)9-11-17-25-24-16(28-17)10-8-13-5-2-1-3-6-13/h4,7,12-13,18H,1-3,5-6,8-11H2,(H,23,26). The van der Waals surface area contributed by atoms with Crippen LogP contribution >= 0.6 is 0 Å². The summed E-state index contributed by atoms with van der Waals surface area (Å²) in [7, 11) is 0. The molecular weight excluding hydrogens is 375 g/mol. The maximum Gasteiger partial charge on any atom is 0.415 e. The van der Waals surface area contributed by atoms with E-state index >= 15 is 0 Å². The number of halogens is 3. The minimum Gasteiger partial charge on any atom is -0.467 e. The van der Waals surface area contributed by atoms with Crippen LogP contribution < -0.4 is 5.32 Å². The molecule has 0 bridgehead atoms. The summed E-state index contributed by atoms with van der Waals surface area (Å²) in [5, 5.41) is 9.83. The number of alkyl halides is 3. The molecule has 0 saturated heterocycles. The van der Waals surface area contributed by atoms with Gasteiger partial charge in [-0.2, -0.15) is 13.2 Å². The Morgan fingerprint density at radius 2 is 1.89 bits per heavy atom. The first-order chi connectivity index (χ1) is 13.4. The molecule has 1 unspecified atom stereocenters. The predicted molar refractivity (Wildman–Crippen MR) is 93.2 cm³/mol. The van der Waals surface area contributed by atoms with Gasteiger partial charge in [-0.05, 0) is 24.5 Å². The second kappa shape index (κ2) is 9.25. The summed E-state index contributed by atoms with van der Waals surface area (Å²) in [6.45, 7) is 0. The Morgan fingerprint density at radius 3 is 2.54 bits per heavy atom. The number of hydrogen-bond acceptors (Lipinski definition) is 5. The van der Waals surface area contributed by atoms with Gasteiger partial charge in [0.1, 0.15) is 5.76 Å². The van der Waals surface area contributed by atoms with Crippen LogP contribution in [-0.4, -0.2) is 22.3 Å². The fourth-order valence-corrected chi connectivity index (χ4v) is 3.52. The molecule has 0 radical (unpaired) electrons. The zero-order valence-corrected chi connectivity index (χ0v) is 15.5. The van der Waals surface area contributed by atoms with Crippen LogP contribution in [0.15, 0.2) is 27.2 Å². The molecule has 1 fully saturated rings. The minimum atomic E-state index is -4.65. The summed E-state index contributed by atoms with van der Waals surface area (Å²) in [5.41, 5.74) is 0. The minimum absolute atomic E-state index is 0.0883. The van der Waals surface area contributed by atoms with E-state index in [0.717, 1.165) is 12.7 Å². The Labute approximate surface area is 160 Å². The number of nitrogens with zero attached hydrogens (tertiary/aromatic N) is 2. The van der Waals surface area contributed by atoms with Gasteiger partial charge in [-0.3, -0.25) is 4.79 Å². The van der Waals surface area contributed by atoms with Crippen molar-refractivity contribution in [3.63, 3.8) is 0 Å². The number of nitrogens with one attached hydrogen (secondary N) is 1. The van der Waals surface area contributed by atoms with Gasteiger partial charge in [0.05, 0.1) is 6.26 Å². The van der Waals surface area contributed by atoms with Crippen molar-refractivity contribution in [3.05, 3.63) is 35.9 Å². The molecule has 1 saturated carbocycles. The van der Waals surface area contributed by atoms with E-state index in [1.807, 2.05) is 5.32 Å². The number of aryl methyl sites for hydroxylation is 2. The normalized spacial score (nSPS) is 16.8. The summed E-state index contributed by atoms with van der Waals surface area (Å²) in [6.07, 6.45) is 4.39. The molecule has 2 aromatic heterocycles. The SMILES string of the molecule is O=C(CCc1nnc(CCC2CCCCC2)o1)NC(c1ccco1)C(F)(F)F. The van der Waals surface area contributed by atoms with Gasteiger partial charge in [-0.1, -0.05) is 32.1 Å². The molecule has 2 aromatic rings. The topological polar surface area (TPSA) is 81.2 Å². The molecule has 1 aliphatic carbocycles. The third-order valence-corrected chi connectivity index (χ3v) is 5.03. The third kappa shape index (κ3) is 5.84. The molecule has 28 heavy (non-hydrogen) atoms. The van der Waals surface area contributed by atoms with Crippen LogP contribution in [0.2, 0.25) is 0 Å². The van der Waals surface area contributed by atoms with E-state index in [-0.39, 0.29) is 24.5 Å². The third-order valence-electron chi connectivity index (χ3n) is 5.03. The van der Waals surface area contributed by atoms with Gasteiger partial charge < -0.3 is 14.2 Å². The van der Waals surface area contributed by atoms with Crippen molar-refractivity contribution in [2.75, 3.05) is 0 Å². The Morgan fingerprint density at radius 1 is 1.18 bits per heavy atom. The summed E-state index contributed by atoms with van der Waals surface area (Å²) in [4.78, 5) is 12.0. The smallest absolute Gasteiger partial charge is 0.415 e. The highest BCUT2D eigenvalue weighted by Gasteiger charge is 2.43. The molecule has 9 heteroatoms. The highest BCUT2D eigenvalue weighted by atomic mass is 19.4. The van der Waals surface area contributed by atoms with Crippen molar-refractivity contribution in [1.29, 1.82) is 0 Å². The number of aromatic nitrogens is 2. The number of carbonyl (C=O) groups is 1. The van der Waals surface area contributed by atoms with Gasteiger partial charge in [0.2, 0.25) is 17.7 Å². The Balaban J connectivity index is 1.46. The van der Waals surface area contributed by atoms with Gasteiger partial charge in [0.15, 0.2) is 6.04 Å². The van der Waals surface area contributed by atoms with Crippen LogP contribution in [0.3, 0.4) is 0 Å². The molecule has 1 atom stereocenters. The molecule has 3 rings (SSSR count). The number of furan rings is 1. The second-order valence-corrected chi connectivity index (χ2v) is 7.19. The molecule has 0 spiro atoms. The lowest BCUT2D eigenvalue weighted by Crippen LogP contribution is -2.38. The van der Waals surface area contributed by atoms with Crippen molar-refractivity contribution >= 4 is 5.91 Å². The average Bonchev–Trinajstić information content (AvgIpc) is 3.34. The summed E-state index contributed by atoms with van der Waals surface area (Å²) >= 11 is 0. The van der Waals surface area contributed by atoms with E-state index in [2.05, 4.69) is 10.2 Å². The van der Waals surface area contributed by atoms with Crippen molar-refractivity contribution < 1.29 is 26.8 Å². The molecule has 1 N–H and O–H groups in total. The maximum atomic E-state index is 13.1. The van der Waals surface area contributed by atoms with E-state index in [0.29, 0.717) is 18.2 Å². The van der Waals surface area contributed by atoms with Crippen LogP contribution in [0.5, 0.6) is 0 Å². The van der Waals surface area contributed by atoms with Crippen LogP contribution in [0, 0.1) is 5.92 Å². The Kier molecular flexibility index (Phi) is 6.74. The van der Waals surface area contributed by atoms with Gasteiger partial charge in [0.25, 0.3) is 0 Å². The van der Waals surface area contributed by atoms with Crippen molar-refractivity contribution in [1.82, 2.24) is 15.5 Å². The lowest BCUT2D eigenvalue weighted by atomic mass is 9.86. The predicted octanol–water partition coefficient (Wildman–Crippen LogP) is 4.53. The first-order valence-corrected chi connectivity index (χ1v) is 9.62. The second-order valence-electron chi connectivity index (χ2n) is 7.19. The number of carbonyl (C=O) groups excluding carboxylic acids is 1. The number of hydrogen-bond donors (Lipinski definition) is 1. The highest BCUT2D eigenvalue weighted by molar-refractivity contribution is 5.76. The maximum absolute atomic E-state index is 13.1. The van der Waals surface area contributed by atoms with Crippen LogP contribution in [-0.2, 0) is 17.6 Å². The zero-order chi connectivity index (χ0) is 20.0. The van der Waals surface area contributed by atoms with Crippen molar-refractivity contribution in [2.24, 2.45) is 5.92 Å². The molecule has 6 nitrogen and oxygen atoms in total. The molecule has 0 aliphatic heterocycles. The van der Waals surface area contributed by atoms with E-state index < -0.39 is 18.1 Å². The monoisotopic (exact) mass is 399 g/mol. The lowest BCUT2D eigenvalue weighted by molar-refractivity contribution is -0.166. The molecular formula is C19H24F3N3O3. The summed E-state index contributed by atoms with van der Waals surface area (Å²) < 4.78 is 49.7. The molecule has 1 aliphatic rings. The first-order valence-electron chi connectivity index (χ1n) is 9.62. The number of amides is 1.